The summed E-state index contributed by atoms with van der Waals surface area (Å²) in [5.41, 5.74) is 2.96. The van der Waals surface area contributed by atoms with Gasteiger partial charge in [-0.25, -0.2) is 0 Å². The molecule has 76 valence electrons. The maximum absolute atomic E-state index is 6.12. The zero-order chi connectivity index (χ0) is 10.2. The van der Waals surface area contributed by atoms with Crippen molar-refractivity contribution in [2.45, 2.75) is 38.6 Å². The normalized spacial score (nSPS) is 17.1. The molecule has 0 saturated carbocycles. The molecule has 0 bridgehead atoms. The second kappa shape index (κ2) is 3.52. The molecule has 0 radical (unpaired) electrons. The Morgan fingerprint density at radius 2 is 1.57 bits per heavy atom. The van der Waals surface area contributed by atoms with Crippen molar-refractivity contribution >= 4 is 8.32 Å². The summed E-state index contributed by atoms with van der Waals surface area (Å²) >= 11 is 0. The van der Waals surface area contributed by atoms with Gasteiger partial charge in [0, 0.05) is 0 Å². The Balaban J connectivity index is 2.05. The van der Waals surface area contributed by atoms with Crippen molar-refractivity contribution in [2.75, 3.05) is 0 Å². The molecule has 0 unspecified atom stereocenters. The van der Waals surface area contributed by atoms with Crippen molar-refractivity contribution in [3.63, 3.8) is 0 Å². The van der Waals surface area contributed by atoms with E-state index in [-0.39, 0.29) is 0 Å². The standard InChI is InChI=1S/C12H18OSi/c1-14(2,3)13-12-8-10-6-4-5-7-11(10)9-12/h4-7,12H,8-9H2,1-3H3. The first-order chi connectivity index (χ1) is 6.54. The molecule has 1 aromatic carbocycles. The van der Waals surface area contributed by atoms with Crippen LogP contribution in [-0.4, -0.2) is 14.4 Å². The summed E-state index contributed by atoms with van der Waals surface area (Å²) in [4.78, 5) is 0. The number of hydrogen-bond acceptors (Lipinski definition) is 1. The van der Waals surface area contributed by atoms with Crippen LogP contribution in [0.15, 0.2) is 24.3 Å². The van der Waals surface area contributed by atoms with Crippen LogP contribution in [0.25, 0.3) is 0 Å². The van der Waals surface area contributed by atoms with Crippen LogP contribution in [0.2, 0.25) is 19.6 Å². The molecule has 0 amide bonds. The summed E-state index contributed by atoms with van der Waals surface area (Å²) in [6.45, 7) is 6.78. The van der Waals surface area contributed by atoms with Crippen LogP contribution >= 0.6 is 0 Å². The summed E-state index contributed by atoms with van der Waals surface area (Å²) in [7, 11) is -1.36. The summed E-state index contributed by atoms with van der Waals surface area (Å²) < 4.78 is 6.12. The molecular weight excluding hydrogens is 188 g/mol. The van der Waals surface area contributed by atoms with Crippen molar-refractivity contribution < 1.29 is 4.43 Å². The fourth-order valence-electron chi connectivity index (χ4n) is 2.10. The molecule has 2 rings (SSSR count). The third kappa shape index (κ3) is 2.25. The lowest BCUT2D eigenvalue weighted by Gasteiger charge is -2.22. The number of benzene rings is 1. The lowest BCUT2D eigenvalue weighted by atomic mass is 10.1. The highest BCUT2D eigenvalue weighted by Crippen LogP contribution is 2.25. The molecular formula is C12H18OSi. The lowest BCUT2D eigenvalue weighted by Crippen LogP contribution is -2.32. The van der Waals surface area contributed by atoms with E-state index in [9.17, 15) is 0 Å². The minimum absolute atomic E-state index is 0.444. The van der Waals surface area contributed by atoms with E-state index in [0.717, 1.165) is 12.8 Å². The molecule has 0 saturated heterocycles. The molecule has 0 atom stereocenters. The van der Waals surface area contributed by atoms with Crippen molar-refractivity contribution in [3.8, 4) is 0 Å². The first-order valence-electron chi connectivity index (χ1n) is 5.29. The Morgan fingerprint density at radius 3 is 2.00 bits per heavy atom. The van der Waals surface area contributed by atoms with Crippen LogP contribution in [0.3, 0.4) is 0 Å². The fraction of sp³-hybridized carbons (Fsp3) is 0.500. The van der Waals surface area contributed by atoms with Gasteiger partial charge < -0.3 is 4.43 Å². The largest absolute Gasteiger partial charge is 0.414 e. The van der Waals surface area contributed by atoms with Gasteiger partial charge in [0.2, 0.25) is 0 Å². The van der Waals surface area contributed by atoms with Gasteiger partial charge in [0.1, 0.15) is 0 Å². The van der Waals surface area contributed by atoms with Crippen molar-refractivity contribution in [2.24, 2.45) is 0 Å². The molecule has 2 heteroatoms. The predicted octanol–water partition coefficient (Wildman–Crippen LogP) is 3.01. The van der Waals surface area contributed by atoms with E-state index in [2.05, 4.69) is 43.9 Å². The van der Waals surface area contributed by atoms with Crippen LogP contribution in [0, 0.1) is 0 Å². The van der Waals surface area contributed by atoms with Gasteiger partial charge in [0.05, 0.1) is 6.10 Å². The summed E-state index contributed by atoms with van der Waals surface area (Å²) in [6.07, 6.45) is 2.67. The Morgan fingerprint density at radius 1 is 1.07 bits per heavy atom. The average molecular weight is 206 g/mol. The van der Waals surface area contributed by atoms with E-state index in [1.165, 1.54) is 11.1 Å². The molecule has 0 spiro atoms. The summed E-state index contributed by atoms with van der Waals surface area (Å²) in [5, 5.41) is 0. The van der Waals surface area contributed by atoms with E-state index >= 15 is 0 Å². The van der Waals surface area contributed by atoms with Crippen molar-refractivity contribution in [3.05, 3.63) is 35.4 Å². The van der Waals surface area contributed by atoms with Gasteiger partial charge in [-0.05, 0) is 43.6 Å². The van der Waals surface area contributed by atoms with Crippen molar-refractivity contribution in [1.82, 2.24) is 0 Å². The highest BCUT2D eigenvalue weighted by atomic mass is 28.4. The quantitative estimate of drug-likeness (QED) is 0.676. The Labute approximate surface area is 87.2 Å². The maximum atomic E-state index is 6.12. The molecule has 0 fully saturated rings. The van der Waals surface area contributed by atoms with Gasteiger partial charge in [-0.3, -0.25) is 0 Å². The lowest BCUT2D eigenvalue weighted by molar-refractivity contribution is 0.206. The molecule has 1 aliphatic carbocycles. The van der Waals surface area contributed by atoms with Crippen LogP contribution in [0.5, 0.6) is 0 Å². The van der Waals surface area contributed by atoms with Crippen LogP contribution in [0.1, 0.15) is 11.1 Å². The van der Waals surface area contributed by atoms with E-state index in [1.54, 1.807) is 0 Å². The molecule has 0 N–H and O–H groups in total. The molecule has 14 heavy (non-hydrogen) atoms. The maximum Gasteiger partial charge on any atom is 0.184 e. The number of rotatable bonds is 2. The monoisotopic (exact) mass is 206 g/mol. The fourth-order valence-corrected chi connectivity index (χ4v) is 3.27. The Bertz CT molecular complexity index is 302. The third-order valence-electron chi connectivity index (χ3n) is 2.53. The number of fused-ring (bicyclic) bond motifs is 1. The summed E-state index contributed by atoms with van der Waals surface area (Å²) in [6, 6.07) is 8.69. The van der Waals surface area contributed by atoms with Gasteiger partial charge in [0.15, 0.2) is 8.32 Å². The second-order valence-corrected chi connectivity index (χ2v) is 9.49. The zero-order valence-corrected chi connectivity index (χ0v) is 10.2. The Hall–Kier alpha value is -0.603. The van der Waals surface area contributed by atoms with Gasteiger partial charge in [-0.2, -0.15) is 0 Å². The smallest absolute Gasteiger partial charge is 0.184 e. The predicted molar refractivity (Wildman–Crippen MR) is 62.1 cm³/mol. The molecule has 1 aliphatic rings. The van der Waals surface area contributed by atoms with Gasteiger partial charge in [-0.15, -0.1) is 0 Å². The van der Waals surface area contributed by atoms with E-state index in [0.29, 0.717) is 6.10 Å². The molecule has 1 aromatic rings. The highest BCUT2D eigenvalue weighted by molar-refractivity contribution is 6.69. The molecule has 0 heterocycles. The van der Waals surface area contributed by atoms with Gasteiger partial charge in [-0.1, -0.05) is 24.3 Å². The highest BCUT2D eigenvalue weighted by Gasteiger charge is 2.26. The van der Waals surface area contributed by atoms with E-state index < -0.39 is 8.32 Å². The molecule has 1 nitrogen and oxygen atoms in total. The SMILES string of the molecule is C[Si](C)(C)OC1Cc2ccccc2C1. The van der Waals surface area contributed by atoms with E-state index in [4.69, 9.17) is 4.43 Å². The molecule has 0 aromatic heterocycles. The zero-order valence-electron chi connectivity index (χ0n) is 9.21. The van der Waals surface area contributed by atoms with Crippen LogP contribution in [-0.2, 0) is 17.3 Å². The second-order valence-electron chi connectivity index (χ2n) is 5.03. The van der Waals surface area contributed by atoms with Crippen molar-refractivity contribution in [1.29, 1.82) is 0 Å². The Kier molecular flexibility index (Phi) is 2.50. The first-order valence-corrected chi connectivity index (χ1v) is 8.70. The average Bonchev–Trinajstić information content (AvgIpc) is 2.42. The minimum atomic E-state index is -1.36. The minimum Gasteiger partial charge on any atom is -0.414 e. The van der Waals surface area contributed by atoms with Crippen LogP contribution < -0.4 is 0 Å². The van der Waals surface area contributed by atoms with Gasteiger partial charge in [0.25, 0.3) is 0 Å². The van der Waals surface area contributed by atoms with E-state index in [1.807, 2.05) is 0 Å². The first kappa shape index (κ1) is 9.93. The van der Waals surface area contributed by atoms with Crippen LogP contribution in [0.4, 0.5) is 0 Å². The van der Waals surface area contributed by atoms with Gasteiger partial charge >= 0.3 is 0 Å². The third-order valence-corrected chi connectivity index (χ3v) is 3.57. The number of hydrogen-bond donors (Lipinski definition) is 0. The topological polar surface area (TPSA) is 9.23 Å². The molecule has 0 aliphatic heterocycles. The summed E-state index contributed by atoms with van der Waals surface area (Å²) in [5.74, 6) is 0.